The van der Waals surface area contributed by atoms with Crippen LogP contribution in [0.5, 0.6) is 0 Å². The highest BCUT2D eigenvalue weighted by atomic mass is 79.9. The van der Waals surface area contributed by atoms with Gasteiger partial charge in [-0.1, -0.05) is 27.5 Å². The summed E-state index contributed by atoms with van der Waals surface area (Å²) in [5.74, 6) is -0.942. The molecule has 1 aliphatic heterocycles. The molecule has 0 unspecified atom stereocenters. The van der Waals surface area contributed by atoms with E-state index < -0.39 is 18.0 Å². The van der Waals surface area contributed by atoms with Crippen molar-refractivity contribution in [2.45, 2.75) is 26.8 Å². The van der Waals surface area contributed by atoms with Gasteiger partial charge in [0.25, 0.3) is 5.91 Å². The summed E-state index contributed by atoms with van der Waals surface area (Å²) >= 11 is 10.7. The number of esters is 1. The van der Waals surface area contributed by atoms with Gasteiger partial charge >= 0.3 is 12.1 Å². The van der Waals surface area contributed by atoms with Crippen molar-refractivity contribution in [2.24, 2.45) is 0 Å². The molecule has 0 atom stereocenters. The minimum atomic E-state index is -0.504. The number of hydrogen-bond donors (Lipinski definition) is 1. The van der Waals surface area contributed by atoms with Gasteiger partial charge in [0.05, 0.1) is 35.9 Å². The smallest absolute Gasteiger partial charge is 0.410 e. The third-order valence-corrected chi connectivity index (χ3v) is 6.42. The van der Waals surface area contributed by atoms with E-state index in [4.69, 9.17) is 21.1 Å². The average molecular weight is 516 g/mol. The molecule has 2 aromatic rings. The lowest BCUT2D eigenvalue weighted by atomic mass is 10.0. The van der Waals surface area contributed by atoms with Crippen molar-refractivity contribution in [1.82, 2.24) is 4.90 Å². The first-order chi connectivity index (χ1) is 14.3. The molecule has 160 valence electrons. The largest absolute Gasteiger partial charge is 0.462 e. The molecule has 1 N–H and O–H groups in total. The number of benzene rings is 1. The molecule has 1 aromatic carbocycles. The molecule has 0 radical (unpaired) electrons. The molecule has 30 heavy (non-hydrogen) atoms. The number of amides is 2. The Kier molecular flexibility index (Phi) is 7.38. The molecule has 0 saturated heterocycles. The van der Waals surface area contributed by atoms with E-state index in [2.05, 4.69) is 21.2 Å². The Hall–Kier alpha value is -2.10. The molecule has 0 saturated carbocycles. The molecule has 2 amide bonds. The molecule has 10 heteroatoms. The van der Waals surface area contributed by atoms with Gasteiger partial charge < -0.3 is 19.7 Å². The second-order valence-corrected chi connectivity index (χ2v) is 8.81. The molecule has 1 aromatic heterocycles. The molecule has 0 aliphatic carbocycles. The van der Waals surface area contributed by atoms with Gasteiger partial charge in [0, 0.05) is 15.9 Å². The third kappa shape index (κ3) is 4.79. The van der Waals surface area contributed by atoms with E-state index in [1.54, 1.807) is 36.9 Å². The summed E-state index contributed by atoms with van der Waals surface area (Å²) in [5.41, 5.74) is 1.40. The van der Waals surface area contributed by atoms with E-state index in [0.29, 0.717) is 39.6 Å². The van der Waals surface area contributed by atoms with Gasteiger partial charge in [-0.3, -0.25) is 4.79 Å². The maximum Gasteiger partial charge on any atom is 0.410 e. The predicted molar refractivity (Wildman–Crippen MR) is 119 cm³/mol. The van der Waals surface area contributed by atoms with E-state index >= 15 is 0 Å². The molecular weight excluding hydrogens is 496 g/mol. The van der Waals surface area contributed by atoms with Gasteiger partial charge in [0.2, 0.25) is 0 Å². The number of carbonyl (C=O) groups is 3. The second kappa shape index (κ2) is 9.80. The van der Waals surface area contributed by atoms with Crippen molar-refractivity contribution in [3.8, 4) is 0 Å². The Balaban J connectivity index is 1.94. The van der Waals surface area contributed by atoms with Crippen LogP contribution in [0.2, 0.25) is 5.02 Å². The second-order valence-electron chi connectivity index (χ2n) is 6.38. The first kappa shape index (κ1) is 22.6. The number of fused-ring (bicyclic) bond motifs is 1. The summed E-state index contributed by atoms with van der Waals surface area (Å²) in [6.07, 6.45) is 0.0625. The van der Waals surface area contributed by atoms with E-state index in [1.165, 1.54) is 11.3 Å². The lowest BCUT2D eigenvalue weighted by molar-refractivity contribution is 0.0526. The van der Waals surface area contributed by atoms with Crippen molar-refractivity contribution >= 4 is 61.8 Å². The highest BCUT2D eigenvalue weighted by Crippen LogP contribution is 2.38. The van der Waals surface area contributed by atoms with Crippen LogP contribution >= 0.6 is 38.9 Å². The van der Waals surface area contributed by atoms with Gasteiger partial charge in [-0.2, -0.15) is 0 Å². The van der Waals surface area contributed by atoms with Crippen LogP contribution in [-0.4, -0.2) is 42.6 Å². The minimum Gasteiger partial charge on any atom is -0.462 e. The van der Waals surface area contributed by atoms with Crippen LogP contribution < -0.4 is 5.32 Å². The monoisotopic (exact) mass is 514 g/mol. The van der Waals surface area contributed by atoms with Gasteiger partial charge in [-0.15, -0.1) is 11.3 Å². The molecular formula is C20H20BrClN2O5S. The molecule has 0 bridgehead atoms. The van der Waals surface area contributed by atoms with Crippen LogP contribution in [0.25, 0.3) is 0 Å². The summed E-state index contributed by atoms with van der Waals surface area (Å²) in [7, 11) is 0. The fraction of sp³-hybridized carbons (Fsp3) is 0.350. The molecule has 0 fully saturated rings. The Labute approximate surface area is 191 Å². The molecule has 1 aliphatic rings. The number of hydrogen-bond acceptors (Lipinski definition) is 6. The summed E-state index contributed by atoms with van der Waals surface area (Å²) in [6, 6.07) is 4.96. The highest BCUT2D eigenvalue weighted by molar-refractivity contribution is 9.10. The quantitative estimate of drug-likeness (QED) is 0.560. The van der Waals surface area contributed by atoms with Crippen LogP contribution in [-0.2, 0) is 22.4 Å². The number of anilines is 1. The van der Waals surface area contributed by atoms with E-state index in [9.17, 15) is 14.4 Å². The zero-order valence-electron chi connectivity index (χ0n) is 16.4. The fourth-order valence-corrected chi connectivity index (χ4v) is 4.93. The molecule has 0 spiro atoms. The average Bonchev–Trinajstić information content (AvgIpc) is 3.07. The van der Waals surface area contributed by atoms with Gasteiger partial charge in [-0.25, -0.2) is 9.59 Å². The minimum absolute atomic E-state index is 0.212. The molecule has 3 rings (SSSR count). The summed E-state index contributed by atoms with van der Waals surface area (Å²) in [6.45, 7) is 4.69. The maximum absolute atomic E-state index is 12.8. The van der Waals surface area contributed by atoms with Crippen molar-refractivity contribution in [2.75, 3.05) is 25.1 Å². The summed E-state index contributed by atoms with van der Waals surface area (Å²) < 4.78 is 11.0. The SMILES string of the molecule is CCOC(=O)c1c(NC(=O)c2cc(Br)ccc2Cl)sc2c1CCN(C(=O)OCC)C2. The number of thiophene rings is 1. The lowest BCUT2D eigenvalue weighted by Gasteiger charge is -2.26. The fourth-order valence-electron chi connectivity index (χ4n) is 3.12. The maximum atomic E-state index is 12.8. The topological polar surface area (TPSA) is 84.9 Å². The summed E-state index contributed by atoms with van der Waals surface area (Å²) in [5, 5.41) is 3.47. The van der Waals surface area contributed by atoms with Crippen molar-refractivity contribution in [1.29, 1.82) is 0 Å². The Morgan fingerprint density at radius 3 is 2.67 bits per heavy atom. The zero-order valence-corrected chi connectivity index (χ0v) is 19.6. The van der Waals surface area contributed by atoms with E-state index in [0.717, 1.165) is 10.4 Å². The third-order valence-electron chi connectivity index (χ3n) is 4.46. The van der Waals surface area contributed by atoms with Crippen molar-refractivity contribution in [3.63, 3.8) is 0 Å². The van der Waals surface area contributed by atoms with Gasteiger partial charge in [0.1, 0.15) is 5.00 Å². The number of nitrogens with one attached hydrogen (secondary N) is 1. The first-order valence-corrected chi connectivity index (χ1v) is 11.3. The Morgan fingerprint density at radius 2 is 1.97 bits per heavy atom. The van der Waals surface area contributed by atoms with Crippen molar-refractivity contribution < 1.29 is 23.9 Å². The summed E-state index contributed by atoms with van der Waals surface area (Å²) in [4.78, 5) is 40.0. The normalized spacial score (nSPS) is 12.9. The molecule has 7 nitrogen and oxygen atoms in total. The number of carbonyl (C=O) groups excluding carboxylic acids is 3. The van der Waals surface area contributed by atoms with Gasteiger partial charge in [-0.05, 0) is 44.0 Å². The van der Waals surface area contributed by atoms with Crippen LogP contribution in [0.4, 0.5) is 9.80 Å². The van der Waals surface area contributed by atoms with Crippen LogP contribution in [0, 0.1) is 0 Å². The molecule has 2 heterocycles. The van der Waals surface area contributed by atoms with E-state index in [-0.39, 0.29) is 18.8 Å². The lowest BCUT2D eigenvalue weighted by Crippen LogP contribution is -2.36. The predicted octanol–water partition coefficient (Wildman–Crippen LogP) is 5.11. The van der Waals surface area contributed by atoms with E-state index in [1.807, 2.05) is 0 Å². The van der Waals surface area contributed by atoms with Crippen molar-refractivity contribution in [3.05, 3.63) is 49.3 Å². The number of rotatable bonds is 5. The first-order valence-electron chi connectivity index (χ1n) is 9.35. The van der Waals surface area contributed by atoms with Gasteiger partial charge in [0.15, 0.2) is 0 Å². The van der Waals surface area contributed by atoms with Crippen LogP contribution in [0.3, 0.4) is 0 Å². The number of nitrogens with zero attached hydrogens (tertiary/aromatic N) is 1. The standard InChI is InChI=1S/C20H20BrClN2O5S/c1-3-28-19(26)16-12-7-8-24(20(27)29-4-2)10-15(12)30-18(16)23-17(25)13-9-11(21)5-6-14(13)22/h5-6,9H,3-4,7-8,10H2,1-2H3,(H,23,25). The number of ether oxygens (including phenoxy) is 2. The Morgan fingerprint density at radius 1 is 1.23 bits per heavy atom. The number of halogens is 2. The van der Waals surface area contributed by atoms with Crippen LogP contribution in [0.1, 0.15) is 45.0 Å². The zero-order chi connectivity index (χ0) is 21.8. The van der Waals surface area contributed by atoms with Crippen LogP contribution in [0.15, 0.2) is 22.7 Å². The highest BCUT2D eigenvalue weighted by Gasteiger charge is 2.31. The Bertz CT molecular complexity index is 994.